The van der Waals surface area contributed by atoms with Gasteiger partial charge < -0.3 is 4.74 Å². The standard InChI is InChI=1S/C16H19BrN2O/c1-11-5-3-4-6-12(11)9-16(19-18)14-10-13(20-2)7-8-15(14)17/h3-8,10,16,19H,9,18H2,1-2H3. The molecular formula is C16H19BrN2O. The zero-order valence-corrected chi connectivity index (χ0v) is 13.3. The van der Waals surface area contributed by atoms with Crippen LogP contribution in [-0.4, -0.2) is 7.11 Å². The van der Waals surface area contributed by atoms with Crippen molar-refractivity contribution in [2.24, 2.45) is 5.84 Å². The number of hydrazine groups is 1. The van der Waals surface area contributed by atoms with Crippen molar-refractivity contribution in [2.75, 3.05) is 7.11 Å². The van der Waals surface area contributed by atoms with Gasteiger partial charge in [-0.15, -0.1) is 0 Å². The number of hydrogen-bond donors (Lipinski definition) is 2. The fourth-order valence-corrected chi connectivity index (χ4v) is 2.76. The Balaban J connectivity index is 2.31. The zero-order chi connectivity index (χ0) is 14.5. The molecule has 0 saturated carbocycles. The van der Waals surface area contributed by atoms with Gasteiger partial charge in [0, 0.05) is 4.47 Å². The molecule has 2 aromatic carbocycles. The first-order valence-electron chi connectivity index (χ1n) is 6.49. The van der Waals surface area contributed by atoms with Crippen molar-refractivity contribution >= 4 is 15.9 Å². The molecular weight excluding hydrogens is 316 g/mol. The van der Waals surface area contributed by atoms with Crippen molar-refractivity contribution in [1.82, 2.24) is 5.43 Å². The number of halogens is 1. The minimum Gasteiger partial charge on any atom is -0.497 e. The zero-order valence-electron chi connectivity index (χ0n) is 11.7. The van der Waals surface area contributed by atoms with Crippen LogP contribution in [0.15, 0.2) is 46.9 Å². The average molecular weight is 335 g/mol. The van der Waals surface area contributed by atoms with Gasteiger partial charge in [-0.25, -0.2) is 0 Å². The van der Waals surface area contributed by atoms with Crippen LogP contribution in [0.1, 0.15) is 22.7 Å². The van der Waals surface area contributed by atoms with Crippen molar-refractivity contribution in [3.05, 3.63) is 63.6 Å². The molecule has 4 heteroatoms. The molecule has 2 rings (SSSR count). The van der Waals surface area contributed by atoms with Crippen LogP contribution in [0.3, 0.4) is 0 Å². The van der Waals surface area contributed by atoms with Gasteiger partial charge in [0.05, 0.1) is 13.2 Å². The van der Waals surface area contributed by atoms with Crippen molar-refractivity contribution < 1.29 is 4.74 Å². The second kappa shape index (κ2) is 6.88. The maximum atomic E-state index is 5.75. The smallest absolute Gasteiger partial charge is 0.119 e. The highest BCUT2D eigenvalue weighted by atomic mass is 79.9. The van der Waals surface area contributed by atoms with Gasteiger partial charge in [0.15, 0.2) is 0 Å². The van der Waals surface area contributed by atoms with Crippen LogP contribution in [-0.2, 0) is 6.42 Å². The Labute approximate surface area is 128 Å². The van der Waals surface area contributed by atoms with E-state index in [9.17, 15) is 0 Å². The molecule has 0 aliphatic heterocycles. The number of benzene rings is 2. The Bertz CT molecular complexity index is 586. The molecule has 0 aromatic heterocycles. The van der Waals surface area contributed by atoms with Crippen LogP contribution in [0.5, 0.6) is 5.75 Å². The highest BCUT2D eigenvalue weighted by Gasteiger charge is 2.15. The molecule has 20 heavy (non-hydrogen) atoms. The molecule has 0 saturated heterocycles. The molecule has 0 aliphatic rings. The van der Waals surface area contributed by atoms with Crippen molar-refractivity contribution in [1.29, 1.82) is 0 Å². The summed E-state index contributed by atoms with van der Waals surface area (Å²) in [6.07, 6.45) is 0.828. The molecule has 0 radical (unpaired) electrons. The van der Waals surface area contributed by atoms with E-state index in [-0.39, 0.29) is 6.04 Å². The molecule has 0 fully saturated rings. The lowest BCUT2D eigenvalue weighted by Crippen LogP contribution is -2.30. The molecule has 3 N–H and O–H groups in total. The van der Waals surface area contributed by atoms with E-state index < -0.39 is 0 Å². The van der Waals surface area contributed by atoms with Gasteiger partial charge in [-0.3, -0.25) is 11.3 Å². The third kappa shape index (κ3) is 3.39. The normalized spacial score (nSPS) is 12.2. The van der Waals surface area contributed by atoms with E-state index in [2.05, 4.69) is 46.5 Å². The quantitative estimate of drug-likeness (QED) is 0.649. The lowest BCUT2D eigenvalue weighted by atomic mass is 9.96. The highest BCUT2D eigenvalue weighted by molar-refractivity contribution is 9.10. The van der Waals surface area contributed by atoms with Crippen molar-refractivity contribution in [3.8, 4) is 5.75 Å². The molecule has 1 atom stereocenters. The molecule has 0 spiro atoms. The second-order valence-electron chi connectivity index (χ2n) is 4.74. The molecule has 3 nitrogen and oxygen atoms in total. The second-order valence-corrected chi connectivity index (χ2v) is 5.59. The lowest BCUT2D eigenvalue weighted by Gasteiger charge is -2.19. The first-order chi connectivity index (χ1) is 9.65. The third-order valence-corrected chi connectivity index (χ3v) is 4.19. The van der Waals surface area contributed by atoms with Gasteiger partial charge in [0.25, 0.3) is 0 Å². The summed E-state index contributed by atoms with van der Waals surface area (Å²) < 4.78 is 6.31. The van der Waals surface area contributed by atoms with Gasteiger partial charge >= 0.3 is 0 Å². The van der Waals surface area contributed by atoms with Crippen LogP contribution in [0.25, 0.3) is 0 Å². The summed E-state index contributed by atoms with van der Waals surface area (Å²) in [5, 5.41) is 0. The number of methoxy groups -OCH3 is 1. The molecule has 106 valence electrons. The molecule has 0 bridgehead atoms. The summed E-state index contributed by atoms with van der Waals surface area (Å²) in [5.41, 5.74) is 6.55. The first-order valence-corrected chi connectivity index (χ1v) is 7.29. The predicted octanol–water partition coefficient (Wildman–Crippen LogP) is 3.51. The lowest BCUT2D eigenvalue weighted by molar-refractivity contribution is 0.412. The van der Waals surface area contributed by atoms with Crippen LogP contribution in [0.2, 0.25) is 0 Å². The Morgan fingerprint density at radius 1 is 1.25 bits per heavy atom. The van der Waals surface area contributed by atoms with E-state index in [1.54, 1.807) is 7.11 Å². The Hall–Kier alpha value is -1.36. The molecule has 0 aliphatic carbocycles. The van der Waals surface area contributed by atoms with E-state index in [1.165, 1.54) is 11.1 Å². The number of hydrogen-bond acceptors (Lipinski definition) is 3. The Morgan fingerprint density at radius 3 is 2.65 bits per heavy atom. The van der Waals surface area contributed by atoms with Gasteiger partial charge in [-0.05, 0) is 48.2 Å². The fourth-order valence-electron chi connectivity index (χ4n) is 2.23. The first kappa shape index (κ1) is 15.0. The van der Waals surface area contributed by atoms with E-state index >= 15 is 0 Å². The minimum absolute atomic E-state index is 0.0283. The average Bonchev–Trinajstić information content (AvgIpc) is 2.47. The van der Waals surface area contributed by atoms with Crippen molar-refractivity contribution in [3.63, 3.8) is 0 Å². The van der Waals surface area contributed by atoms with Crippen LogP contribution in [0, 0.1) is 6.92 Å². The minimum atomic E-state index is 0.0283. The highest BCUT2D eigenvalue weighted by Crippen LogP contribution is 2.30. The SMILES string of the molecule is COc1ccc(Br)c(C(Cc2ccccc2C)NN)c1. The number of aryl methyl sites for hydroxylation is 1. The van der Waals surface area contributed by atoms with E-state index in [4.69, 9.17) is 10.6 Å². The van der Waals surface area contributed by atoms with E-state index in [0.29, 0.717) is 0 Å². The topological polar surface area (TPSA) is 47.3 Å². The summed E-state index contributed by atoms with van der Waals surface area (Å²) in [6, 6.07) is 14.3. The number of ether oxygens (including phenoxy) is 1. The summed E-state index contributed by atoms with van der Waals surface area (Å²) >= 11 is 3.58. The van der Waals surface area contributed by atoms with Gasteiger partial charge in [-0.1, -0.05) is 40.2 Å². The van der Waals surface area contributed by atoms with Gasteiger partial charge in [0.1, 0.15) is 5.75 Å². The monoisotopic (exact) mass is 334 g/mol. The fraction of sp³-hybridized carbons (Fsp3) is 0.250. The Morgan fingerprint density at radius 2 is 2.00 bits per heavy atom. The molecule has 0 heterocycles. The van der Waals surface area contributed by atoms with E-state index in [0.717, 1.165) is 22.2 Å². The maximum absolute atomic E-state index is 5.75. The van der Waals surface area contributed by atoms with Gasteiger partial charge in [0.2, 0.25) is 0 Å². The third-order valence-electron chi connectivity index (χ3n) is 3.47. The number of nitrogens with two attached hydrogens (primary N) is 1. The predicted molar refractivity (Wildman–Crippen MR) is 85.6 cm³/mol. The summed E-state index contributed by atoms with van der Waals surface area (Å²) in [6.45, 7) is 2.11. The number of nitrogens with one attached hydrogen (secondary N) is 1. The van der Waals surface area contributed by atoms with Crippen LogP contribution in [0.4, 0.5) is 0 Å². The summed E-state index contributed by atoms with van der Waals surface area (Å²) in [5.74, 6) is 6.58. The van der Waals surface area contributed by atoms with Crippen LogP contribution < -0.4 is 16.0 Å². The Kier molecular flexibility index (Phi) is 5.17. The molecule has 0 amide bonds. The molecule has 2 aromatic rings. The largest absolute Gasteiger partial charge is 0.497 e. The summed E-state index contributed by atoms with van der Waals surface area (Å²) in [4.78, 5) is 0. The van der Waals surface area contributed by atoms with Crippen molar-refractivity contribution in [2.45, 2.75) is 19.4 Å². The maximum Gasteiger partial charge on any atom is 0.119 e. The molecule has 1 unspecified atom stereocenters. The van der Waals surface area contributed by atoms with Crippen LogP contribution >= 0.6 is 15.9 Å². The van der Waals surface area contributed by atoms with E-state index in [1.807, 2.05) is 24.3 Å². The summed E-state index contributed by atoms with van der Waals surface area (Å²) in [7, 11) is 1.67. The van der Waals surface area contributed by atoms with Gasteiger partial charge in [-0.2, -0.15) is 0 Å². The number of rotatable bonds is 5.